The first-order valence-corrected chi connectivity index (χ1v) is 4.70. The third-order valence-electron chi connectivity index (χ3n) is 1.18. The zero-order valence-corrected chi connectivity index (χ0v) is 7.51. The molecule has 0 radical (unpaired) electrons. The monoisotopic (exact) mass is 206 g/mol. The Morgan fingerprint density at radius 3 is 2.77 bits per heavy atom. The van der Waals surface area contributed by atoms with Crippen LogP contribution in [0.15, 0.2) is 23.4 Å². The zero-order valence-electron chi connectivity index (χ0n) is 6.69. The van der Waals surface area contributed by atoms with E-state index in [9.17, 15) is 12.8 Å². The summed E-state index contributed by atoms with van der Waals surface area (Å²) in [4.78, 5) is 9.04. The van der Waals surface area contributed by atoms with Crippen molar-refractivity contribution < 1.29 is 17.6 Å². The molecule has 0 atom stereocenters. The number of sulfonamides is 1. The molecular weight excluding hydrogens is 199 g/mol. The second kappa shape index (κ2) is 3.77. The number of rotatable bonds is 3. The van der Waals surface area contributed by atoms with Crippen LogP contribution in [0.3, 0.4) is 0 Å². The van der Waals surface area contributed by atoms with E-state index in [-0.39, 0.29) is 4.90 Å². The minimum Gasteiger partial charge on any atom is -0.290 e. The maximum Gasteiger partial charge on any atom is 0.264 e. The van der Waals surface area contributed by atoms with Gasteiger partial charge in [-0.2, -0.15) is 0 Å². The molecule has 0 saturated carbocycles. The summed E-state index contributed by atoms with van der Waals surface area (Å²) in [5.41, 5.74) is 0. The molecular formula is C6H7FN2O3S. The lowest BCUT2D eigenvalue weighted by Crippen LogP contribution is -2.22. The van der Waals surface area contributed by atoms with Crippen molar-refractivity contribution in [3.05, 3.63) is 24.3 Å². The fourth-order valence-electron chi connectivity index (χ4n) is 0.697. The minimum absolute atomic E-state index is 0.283. The Balaban J connectivity index is 3.08. The number of hydrogen-bond donors (Lipinski definition) is 1. The third-order valence-corrected chi connectivity index (χ3v) is 2.41. The number of nitrogens with zero attached hydrogens (tertiary/aromatic N) is 1. The molecule has 1 aromatic rings. The van der Waals surface area contributed by atoms with Gasteiger partial charge >= 0.3 is 0 Å². The van der Waals surface area contributed by atoms with E-state index in [1.165, 1.54) is 0 Å². The van der Waals surface area contributed by atoms with Gasteiger partial charge in [-0.1, -0.05) is 4.89 Å². The van der Waals surface area contributed by atoms with E-state index in [2.05, 4.69) is 9.82 Å². The van der Waals surface area contributed by atoms with Gasteiger partial charge in [0.1, 0.15) is 10.7 Å². The first kappa shape index (κ1) is 10.0. The second-order valence-electron chi connectivity index (χ2n) is 2.13. The molecule has 1 aromatic heterocycles. The van der Waals surface area contributed by atoms with E-state index in [0.29, 0.717) is 0 Å². The smallest absolute Gasteiger partial charge is 0.264 e. The predicted molar refractivity (Wildman–Crippen MR) is 41.5 cm³/mol. The molecule has 0 aliphatic rings. The molecule has 0 fully saturated rings. The summed E-state index contributed by atoms with van der Waals surface area (Å²) in [5.74, 6) is -0.723. The Kier molecular flexibility index (Phi) is 2.91. The molecule has 1 rings (SSSR count). The number of hydrogen-bond acceptors (Lipinski definition) is 4. The van der Waals surface area contributed by atoms with E-state index in [1.807, 2.05) is 0 Å². The number of aromatic nitrogens is 1. The molecule has 72 valence electrons. The van der Waals surface area contributed by atoms with Crippen LogP contribution in [0.2, 0.25) is 0 Å². The quantitative estimate of drug-likeness (QED) is 0.710. The van der Waals surface area contributed by atoms with Crippen molar-refractivity contribution in [1.29, 1.82) is 0 Å². The van der Waals surface area contributed by atoms with Crippen LogP contribution >= 0.6 is 0 Å². The normalized spacial score (nSPS) is 11.5. The van der Waals surface area contributed by atoms with Gasteiger partial charge in [-0.25, -0.2) is 12.8 Å². The third kappa shape index (κ3) is 2.44. The van der Waals surface area contributed by atoms with Gasteiger partial charge < -0.3 is 0 Å². The lowest BCUT2D eigenvalue weighted by atomic mass is 10.5. The Hall–Kier alpha value is -1.05. The first-order valence-electron chi connectivity index (χ1n) is 3.21. The number of nitrogens with one attached hydrogen (secondary N) is 1. The van der Waals surface area contributed by atoms with Crippen LogP contribution in [-0.4, -0.2) is 20.5 Å². The van der Waals surface area contributed by atoms with Crippen LogP contribution < -0.4 is 4.89 Å². The van der Waals surface area contributed by atoms with Crippen LogP contribution in [0, 0.1) is 5.82 Å². The molecule has 0 aromatic carbocycles. The summed E-state index contributed by atoms with van der Waals surface area (Å²) in [6.45, 7) is 0. The molecule has 0 saturated heterocycles. The van der Waals surface area contributed by atoms with Crippen molar-refractivity contribution >= 4 is 10.0 Å². The van der Waals surface area contributed by atoms with Crippen molar-refractivity contribution in [2.45, 2.75) is 4.90 Å². The predicted octanol–water partition coefficient (Wildman–Crippen LogP) is 0.0604. The van der Waals surface area contributed by atoms with Crippen LogP contribution in [0.1, 0.15) is 0 Å². The summed E-state index contributed by atoms with van der Waals surface area (Å²) in [7, 11) is -2.66. The summed E-state index contributed by atoms with van der Waals surface area (Å²) >= 11 is 0. The highest BCUT2D eigenvalue weighted by molar-refractivity contribution is 7.89. The first-order chi connectivity index (χ1) is 6.06. The molecule has 5 nitrogen and oxygen atoms in total. The molecule has 7 heteroatoms. The van der Waals surface area contributed by atoms with Crippen LogP contribution in [0.25, 0.3) is 0 Å². The summed E-state index contributed by atoms with van der Waals surface area (Å²) < 4.78 is 34.8. The van der Waals surface area contributed by atoms with Crippen molar-refractivity contribution in [3.8, 4) is 0 Å². The van der Waals surface area contributed by atoms with Gasteiger partial charge in [0, 0.05) is 6.20 Å². The van der Waals surface area contributed by atoms with Gasteiger partial charge in [0.05, 0.1) is 13.3 Å². The molecule has 0 bridgehead atoms. The van der Waals surface area contributed by atoms with Gasteiger partial charge in [-0.15, -0.1) is 0 Å². The summed E-state index contributed by atoms with van der Waals surface area (Å²) in [6.07, 6.45) is 1.93. The fraction of sp³-hybridized carbons (Fsp3) is 0.167. The van der Waals surface area contributed by atoms with Gasteiger partial charge in [0.25, 0.3) is 10.0 Å². The Morgan fingerprint density at radius 2 is 2.23 bits per heavy atom. The lowest BCUT2D eigenvalue weighted by Gasteiger charge is -2.02. The average molecular weight is 206 g/mol. The SMILES string of the molecule is CONS(=O)(=O)c1cncc(F)c1. The molecule has 13 heavy (non-hydrogen) atoms. The van der Waals surface area contributed by atoms with Crippen molar-refractivity contribution in [3.63, 3.8) is 0 Å². The lowest BCUT2D eigenvalue weighted by molar-refractivity contribution is 0.153. The van der Waals surface area contributed by atoms with Crippen molar-refractivity contribution in [1.82, 2.24) is 9.87 Å². The van der Waals surface area contributed by atoms with E-state index < -0.39 is 15.8 Å². The highest BCUT2D eigenvalue weighted by atomic mass is 32.2. The molecule has 0 aliphatic heterocycles. The van der Waals surface area contributed by atoms with Gasteiger partial charge in [0.15, 0.2) is 0 Å². The molecule has 0 spiro atoms. The average Bonchev–Trinajstić information content (AvgIpc) is 2.04. The summed E-state index contributed by atoms with van der Waals surface area (Å²) in [6, 6.07) is 0.842. The van der Waals surface area contributed by atoms with Crippen molar-refractivity contribution in [2.24, 2.45) is 0 Å². The maximum atomic E-state index is 12.5. The topological polar surface area (TPSA) is 68.3 Å². The maximum absolute atomic E-state index is 12.5. The molecule has 1 heterocycles. The fourth-order valence-corrected chi connectivity index (χ4v) is 1.48. The Labute approximate surface area is 74.6 Å². The van der Waals surface area contributed by atoms with E-state index >= 15 is 0 Å². The molecule has 1 N–H and O–H groups in total. The highest BCUT2D eigenvalue weighted by Crippen LogP contribution is 2.07. The largest absolute Gasteiger partial charge is 0.290 e. The van der Waals surface area contributed by atoms with Gasteiger partial charge in [-0.05, 0) is 6.07 Å². The molecule has 0 aliphatic carbocycles. The second-order valence-corrected chi connectivity index (χ2v) is 3.77. The number of halogens is 1. The molecule has 0 unspecified atom stereocenters. The van der Waals surface area contributed by atoms with Crippen LogP contribution in [0.5, 0.6) is 0 Å². The van der Waals surface area contributed by atoms with Crippen LogP contribution in [0.4, 0.5) is 4.39 Å². The highest BCUT2D eigenvalue weighted by Gasteiger charge is 2.14. The minimum atomic E-state index is -3.81. The standard InChI is InChI=1S/C6H7FN2O3S/c1-12-9-13(10,11)6-2-5(7)3-8-4-6/h2-4,9H,1H3. The van der Waals surface area contributed by atoms with E-state index in [4.69, 9.17) is 0 Å². The van der Waals surface area contributed by atoms with E-state index in [0.717, 1.165) is 25.6 Å². The van der Waals surface area contributed by atoms with Crippen LogP contribution in [-0.2, 0) is 14.9 Å². The number of pyridine rings is 1. The Morgan fingerprint density at radius 1 is 1.54 bits per heavy atom. The van der Waals surface area contributed by atoms with Crippen molar-refractivity contribution in [2.75, 3.05) is 7.11 Å². The Bertz CT molecular complexity index is 393. The van der Waals surface area contributed by atoms with E-state index in [1.54, 1.807) is 4.89 Å². The van der Waals surface area contributed by atoms with Gasteiger partial charge in [-0.3, -0.25) is 9.82 Å². The summed E-state index contributed by atoms with van der Waals surface area (Å²) in [5, 5.41) is 0. The molecule has 0 amide bonds. The van der Waals surface area contributed by atoms with Gasteiger partial charge in [0.2, 0.25) is 0 Å². The zero-order chi connectivity index (χ0) is 9.90.